The molecule has 0 spiro atoms. The van der Waals surface area contributed by atoms with Crippen molar-refractivity contribution in [3.8, 4) is 0 Å². The number of hydrogen-bond donors (Lipinski definition) is 1. The van der Waals surface area contributed by atoms with Crippen molar-refractivity contribution in [3.05, 3.63) is 17.0 Å². The summed E-state index contributed by atoms with van der Waals surface area (Å²) in [6.45, 7) is 6.44. The molecule has 4 heteroatoms. The van der Waals surface area contributed by atoms with Crippen molar-refractivity contribution in [2.75, 3.05) is 13.2 Å². The van der Waals surface area contributed by atoms with Gasteiger partial charge in [0.25, 0.3) is 0 Å². The molecular formula is C14H24N2O2. The van der Waals surface area contributed by atoms with E-state index in [1.807, 2.05) is 13.8 Å². The van der Waals surface area contributed by atoms with Crippen LogP contribution in [0.25, 0.3) is 0 Å². The summed E-state index contributed by atoms with van der Waals surface area (Å²) in [6.07, 6.45) is 7.02. The van der Waals surface area contributed by atoms with Crippen LogP contribution >= 0.6 is 0 Å². The fraction of sp³-hybridized carbons (Fsp3) is 0.786. The van der Waals surface area contributed by atoms with Crippen LogP contribution in [-0.2, 0) is 11.3 Å². The average Bonchev–Trinajstić information content (AvgIpc) is 2.71. The second kappa shape index (κ2) is 6.90. The second-order valence-electron chi connectivity index (χ2n) is 5.11. The van der Waals surface area contributed by atoms with Crippen LogP contribution in [0.5, 0.6) is 0 Å². The van der Waals surface area contributed by atoms with Crippen LogP contribution in [0.4, 0.5) is 0 Å². The second-order valence-corrected chi connectivity index (χ2v) is 5.11. The number of aromatic nitrogens is 1. The van der Waals surface area contributed by atoms with Crippen molar-refractivity contribution in [3.63, 3.8) is 0 Å². The topological polar surface area (TPSA) is 47.3 Å². The monoisotopic (exact) mass is 252 g/mol. The molecule has 1 saturated carbocycles. The molecule has 1 aliphatic rings. The summed E-state index contributed by atoms with van der Waals surface area (Å²) in [5, 5.41) is 7.33. The van der Waals surface area contributed by atoms with Gasteiger partial charge in [0.05, 0.1) is 18.4 Å². The van der Waals surface area contributed by atoms with Gasteiger partial charge in [-0.05, 0) is 26.7 Å². The number of nitrogens with one attached hydrogen (secondary N) is 1. The molecule has 2 rings (SSSR count). The fourth-order valence-electron chi connectivity index (χ4n) is 2.50. The van der Waals surface area contributed by atoms with Gasteiger partial charge in [0.1, 0.15) is 5.76 Å². The first kappa shape index (κ1) is 13.6. The Hall–Kier alpha value is -0.870. The fourth-order valence-corrected chi connectivity index (χ4v) is 2.50. The quantitative estimate of drug-likeness (QED) is 0.791. The van der Waals surface area contributed by atoms with Gasteiger partial charge in [0.2, 0.25) is 0 Å². The van der Waals surface area contributed by atoms with Crippen LogP contribution in [-0.4, -0.2) is 24.4 Å². The zero-order valence-corrected chi connectivity index (χ0v) is 11.5. The lowest BCUT2D eigenvalue weighted by atomic mass is 9.98. The number of nitrogens with zero attached hydrogens (tertiary/aromatic N) is 1. The lowest BCUT2D eigenvalue weighted by molar-refractivity contribution is 0.0302. The molecule has 0 aliphatic heterocycles. The molecule has 102 valence electrons. The predicted octanol–water partition coefficient (Wildman–Crippen LogP) is 2.73. The minimum atomic E-state index is 0.500. The molecule has 1 aliphatic carbocycles. The van der Waals surface area contributed by atoms with Crippen molar-refractivity contribution in [2.45, 2.75) is 58.6 Å². The Balaban J connectivity index is 1.58. The molecule has 0 bridgehead atoms. The van der Waals surface area contributed by atoms with Gasteiger partial charge in [-0.2, -0.15) is 0 Å². The summed E-state index contributed by atoms with van der Waals surface area (Å²) in [5.74, 6) is 0.910. The first-order chi connectivity index (χ1) is 8.77. The Kier molecular flexibility index (Phi) is 5.20. The van der Waals surface area contributed by atoms with Gasteiger partial charge >= 0.3 is 0 Å². The smallest absolute Gasteiger partial charge is 0.138 e. The molecule has 4 nitrogen and oxygen atoms in total. The van der Waals surface area contributed by atoms with Crippen molar-refractivity contribution < 1.29 is 9.26 Å². The van der Waals surface area contributed by atoms with Gasteiger partial charge in [-0.25, -0.2) is 0 Å². The van der Waals surface area contributed by atoms with E-state index < -0.39 is 0 Å². The largest absolute Gasteiger partial charge is 0.377 e. The highest BCUT2D eigenvalue weighted by Gasteiger charge is 2.13. The third-order valence-corrected chi connectivity index (χ3v) is 3.67. The van der Waals surface area contributed by atoms with E-state index in [2.05, 4.69) is 10.5 Å². The zero-order chi connectivity index (χ0) is 12.8. The Labute approximate surface area is 109 Å². The van der Waals surface area contributed by atoms with Crippen LogP contribution < -0.4 is 5.32 Å². The molecule has 1 N–H and O–H groups in total. The maximum Gasteiger partial charge on any atom is 0.138 e. The van der Waals surface area contributed by atoms with Crippen LogP contribution in [0.3, 0.4) is 0 Å². The minimum absolute atomic E-state index is 0.500. The Morgan fingerprint density at radius 2 is 2.06 bits per heavy atom. The van der Waals surface area contributed by atoms with Gasteiger partial charge in [0.15, 0.2) is 0 Å². The molecule has 0 amide bonds. The van der Waals surface area contributed by atoms with Gasteiger partial charge < -0.3 is 14.6 Å². The first-order valence-electron chi connectivity index (χ1n) is 7.01. The van der Waals surface area contributed by atoms with E-state index in [1.165, 1.54) is 37.7 Å². The van der Waals surface area contributed by atoms with Crippen molar-refractivity contribution >= 4 is 0 Å². The number of ether oxygens (including phenoxy) is 1. The first-order valence-corrected chi connectivity index (χ1v) is 7.01. The van der Waals surface area contributed by atoms with Crippen molar-refractivity contribution in [1.29, 1.82) is 0 Å². The van der Waals surface area contributed by atoms with Crippen molar-refractivity contribution in [2.24, 2.45) is 0 Å². The minimum Gasteiger partial charge on any atom is -0.377 e. The summed E-state index contributed by atoms with van der Waals surface area (Å²) in [7, 11) is 0. The van der Waals surface area contributed by atoms with Crippen LogP contribution in [0.15, 0.2) is 4.52 Å². The number of rotatable bonds is 6. The SMILES string of the molecule is Cc1noc(C)c1CNCCOC1CCCCC1. The highest BCUT2D eigenvalue weighted by molar-refractivity contribution is 5.20. The zero-order valence-electron chi connectivity index (χ0n) is 11.5. The Bertz CT molecular complexity index is 337. The van der Waals surface area contributed by atoms with E-state index >= 15 is 0 Å². The summed E-state index contributed by atoms with van der Waals surface area (Å²) in [6, 6.07) is 0. The van der Waals surface area contributed by atoms with Gasteiger partial charge in [-0.3, -0.25) is 0 Å². The highest BCUT2D eigenvalue weighted by atomic mass is 16.5. The molecule has 1 heterocycles. The van der Waals surface area contributed by atoms with Gasteiger partial charge in [0, 0.05) is 18.7 Å². The summed E-state index contributed by atoms with van der Waals surface area (Å²) >= 11 is 0. The lowest BCUT2D eigenvalue weighted by Crippen LogP contribution is -2.24. The van der Waals surface area contributed by atoms with Crippen LogP contribution in [0.1, 0.15) is 49.1 Å². The van der Waals surface area contributed by atoms with E-state index in [4.69, 9.17) is 9.26 Å². The predicted molar refractivity (Wildman–Crippen MR) is 70.5 cm³/mol. The number of hydrogen-bond acceptors (Lipinski definition) is 4. The van der Waals surface area contributed by atoms with E-state index in [0.717, 1.165) is 31.2 Å². The number of aryl methyl sites for hydroxylation is 2. The summed E-state index contributed by atoms with van der Waals surface area (Å²) in [4.78, 5) is 0. The third-order valence-electron chi connectivity index (χ3n) is 3.67. The van der Waals surface area contributed by atoms with Gasteiger partial charge in [-0.15, -0.1) is 0 Å². The molecule has 18 heavy (non-hydrogen) atoms. The van der Waals surface area contributed by atoms with Crippen LogP contribution in [0, 0.1) is 13.8 Å². The molecule has 0 aromatic carbocycles. The van der Waals surface area contributed by atoms with E-state index in [9.17, 15) is 0 Å². The van der Waals surface area contributed by atoms with E-state index in [0.29, 0.717) is 6.10 Å². The Morgan fingerprint density at radius 1 is 1.28 bits per heavy atom. The maximum atomic E-state index is 5.86. The van der Waals surface area contributed by atoms with Crippen LogP contribution in [0.2, 0.25) is 0 Å². The highest BCUT2D eigenvalue weighted by Crippen LogP contribution is 2.19. The normalized spacial score (nSPS) is 17.2. The molecule has 0 atom stereocenters. The molecule has 1 aromatic rings. The molecule has 1 fully saturated rings. The van der Waals surface area contributed by atoms with Gasteiger partial charge in [-0.1, -0.05) is 24.4 Å². The third kappa shape index (κ3) is 3.82. The maximum absolute atomic E-state index is 5.86. The van der Waals surface area contributed by atoms with E-state index in [1.54, 1.807) is 0 Å². The summed E-state index contributed by atoms with van der Waals surface area (Å²) < 4.78 is 11.0. The average molecular weight is 252 g/mol. The molecule has 0 saturated heterocycles. The molecule has 1 aromatic heterocycles. The molecule has 0 unspecified atom stereocenters. The summed E-state index contributed by atoms with van der Waals surface area (Å²) in [5.41, 5.74) is 2.15. The standard InChI is InChI=1S/C14H24N2O2/c1-11-14(12(2)18-16-11)10-15-8-9-17-13-6-4-3-5-7-13/h13,15H,3-10H2,1-2H3. The van der Waals surface area contributed by atoms with Crippen molar-refractivity contribution in [1.82, 2.24) is 10.5 Å². The molecular weight excluding hydrogens is 228 g/mol. The molecule has 0 radical (unpaired) electrons. The van der Waals surface area contributed by atoms with E-state index in [-0.39, 0.29) is 0 Å². The Morgan fingerprint density at radius 3 is 2.72 bits per heavy atom. The lowest BCUT2D eigenvalue weighted by Gasteiger charge is -2.22.